The predicted molar refractivity (Wildman–Crippen MR) is 96.5 cm³/mol. The van der Waals surface area contributed by atoms with Crippen molar-refractivity contribution in [2.24, 2.45) is 11.8 Å². The molecule has 26 heavy (non-hydrogen) atoms. The number of ketones is 1. The van der Waals surface area contributed by atoms with E-state index in [4.69, 9.17) is 14.2 Å². The van der Waals surface area contributed by atoms with Gasteiger partial charge in [0.25, 0.3) is 0 Å². The molecule has 1 aromatic rings. The topological polar surface area (TPSA) is 61.8 Å². The van der Waals surface area contributed by atoms with Crippen molar-refractivity contribution in [2.75, 3.05) is 0 Å². The lowest BCUT2D eigenvalue weighted by atomic mass is 9.80. The van der Waals surface area contributed by atoms with E-state index in [9.17, 15) is 9.59 Å². The van der Waals surface area contributed by atoms with Crippen LogP contribution >= 0.6 is 0 Å². The van der Waals surface area contributed by atoms with Crippen LogP contribution in [0.5, 0.6) is 5.75 Å². The molecule has 5 nitrogen and oxygen atoms in total. The number of hydrogen-bond donors (Lipinski definition) is 0. The summed E-state index contributed by atoms with van der Waals surface area (Å²) < 4.78 is 17.0. The zero-order valence-electron chi connectivity index (χ0n) is 15.6. The molecule has 140 valence electrons. The van der Waals surface area contributed by atoms with Crippen LogP contribution in [-0.2, 0) is 25.5 Å². The van der Waals surface area contributed by atoms with E-state index in [1.54, 1.807) is 0 Å². The van der Waals surface area contributed by atoms with E-state index in [1.807, 2.05) is 38.1 Å². The molecule has 1 aliphatic carbocycles. The molecule has 0 bridgehead atoms. The number of esters is 1. The number of aryl methyl sites for hydroxylation is 1. The Morgan fingerprint density at radius 3 is 2.62 bits per heavy atom. The number of rotatable bonds is 5. The number of carbonyl (C=O) groups is 2. The highest BCUT2D eigenvalue weighted by molar-refractivity contribution is 5.96. The fraction of sp³-hybridized carbons (Fsp3) is 0.524. The minimum absolute atomic E-state index is 0.0329. The summed E-state index contributed by atoms with van der Waals surface area (Å²) >= 11 is 0. The van der Waals surface area contributed by atoms with E-state index in [2.05, 4.69) is 6.92 Å². The molecule has 3 unspecified atom stereocenters. The average molecular weight is 358 g/mol. The van der Waals surface area contributed by atoms with Crippen molar-refractivity contribution in [3.05, 3.63) is 41.9 Å². The van der Waals surface area contributed by atoms with Crippen LogP contribution in [0.4, 0.5) is 0 Å². The first-order chi connectivity index (χ1) is 12.5. The van der Waals surface area contributed by atoms with Gasteiger partial charge in [-0.15, -0.1) is 0 Å². The molecule has 0 amide bonds. The number of fused-ring (bicyclic) bond motifs is 1. The summed E-state index contributed by atoms with van der Waals surface area (Å²) in [6.45, 7) is 5.72. The lowest BCUT2D eigenvalue weighted by Crippen LogP contribution is -2.43. The van der Waals surface area contributed by atoms with Crippen LogP contribution in [0.3, 0.4) is 0 Å². The predicted octanol–water partition coefficient (Wildman–Crippen LogP) is 3.81. The minimum Gasteiger partial charge on any atom is -0.493 e. The lowest BCUT2D eigenvalue weighted by Gasteiger charge is -2.37. The SMILES string of the molecule is CCc1ccc(OC2=COC3CC(OC(=O)C(C)C)CCC3C2=O)cc1. The van der Waals surface area contributed by atoms with Crippen LogP contribution in [-0.4, -0.2) is 24.0 Å². The fourth-order valence-corrected chi connectivity index (χ4v) is 3.33. The highest BCUT2D eigenvalue weighted by Crippen LogP contribution is 2.35. The largest absolute Gasteiger partial charge is 0.493 e. The Morgan fingerprint density at radius 1 is 1.23 bits per heavy atom. The molecule has 0 spiro atoms. The third-order valence-electron chi connectivity index (χ3n) is 4.99. The molecular formula is C21H26O5. The van der Waals surface area contributed by atoms with Crippen molar-refractivity contribution >= 4 is 11.8 Å². The van der Waals surface area contributed by atoms with Crippen molar-refractivity contribution in [3.63, 3.8) is 0 Å². The van der Waals surface area contributed by atoms with Gasteiger partial charge in [-0.25, -0.2) is 0 Å². The maximum atomic E-state index is 12.7. The van der Waals surface area contributed by atoms with Gasteiger partial charge in [-0.05, 0) is 37.0 Å². The highest BCUT2D eigenvalue weighted by atomic mass is 16.6. The number of carbonyl (C=O) groups excluding carboxylic acids is 2. The number of ether oxygens (including phenoxy) is 3. The van der Waals surface area contributed by atoms with Crippen LogP contribution < -0.4 is 4.74 Å². The maximum Gasteiger partial charge on any atom is 0.308 e. The molecule has 3 atom stereocenters. The van der Waals surface area contributed by atoms with Gasteiger partial charge in [0, 0.05) is 6.42 Å². The molecule has 0 saturated heterocycles. The van der Waals surface area contributed by atoms with Gasteiger partial charge in [-0.2, -0.15) is 0 Å². The van der Waals surface area contributed by atoms with Crippen LogP contribution in [0.1, 0.15) is 45.6 Å². The average Bonchev–Trinajstić information content (AvgIpc) is 2.64. The van der Waals surface area contributed by atoms with Gasteiger partial charge in [0.2, 0.25) is 11.5 Å². The Kier molecular flexibility index (Phi) is 5.64. The fourth-order valence-electron chi connectivity index (χ4n) is 3.33. The number of benzene rings is 1. The van der Waals surface area contributed by atoms with Gasteiger partial charge in [-0.1, -0.05) is 32.9 Å². The van der Waals surface area contributed by atoms with Crippen LogP contribution in [0, 0.1) is 11.8 Å². The molecule has 1 heterocycles. The monoisotopic (exact) mass is 358 g/mol. The molecule has 1 saturated carbocycles. The Balaban J connectivity index is 1.62. The molecule has 0 radical (unpaired) electrons. The highest BCUT2D eigenvalue weighted by Gasteiger charge is 2.42. The summed E-state index contributed by atoms with van der Waals surface area (Å²) in [6.07, 6.45) is 3.78. The molecule has 5 heteroatoms. The second-order valence-electron chi connectivity index (χ2n) is 7.25. The van der Waals surface area contributed by atoms with Crippen LogP contribution in [0.15, 0.2) is 36.3 Å². The summed E-state index contributed by atoms with van der Waals surface area (Å²) in [7, 11) is 0. The molecular weight excluding hydrogens is 332 g/mol. The second-order valence-corrected chi connectivity index (χ2v) is 7.25. The van der Waals surface area contributed by atoms with Crippen molar-refractivity contribution in [1.82, 2.24) is 0 Å². The summed E-state index contributed by atoms with van der Waals surface area (Å²) in [4.78, 5) is 24.5. The van der Waals surface area contributed by atoms with E-state index >= 15 is 0 Å². The van der Waals surface area contributed by atoms with E-state index in [1.165, 1.54) is 11.8 Å². The Hall–Kier alpha value is -2.30. The van der Waals surface area contributed by atoms with Gasteiger partial charge in [-0.3, -0.25) is 9.59 Å². The summed E-state index contributed by atoms with van der Waals surface area (Å²) in [5, 5.41) is 0. The summed E-state index contributed by atoms with van der Waals surface area (Å²) in [5.41, 5.74) is 1.21. The first-order valence-electron chi connectivity index (χ1n) is 9.35. The van der Waals surface area contributed by atoms with E-state index in [0.717, 1.165) is 6.42 Å². The van der Waals surface area contributed by atoms with Crippen LogP contribution in [0.25, 0.3) is 0 Å². The quantitative estimate of drug-likeness (QED) is 0.749. The smallest absolute Gasteiger partial charge is 0.308 e. The van der Waals surface area contributed by atoms with Crippen molar-refractivity contribution in [2.45, 2.75) is 58.7 Å². The maximum absolute atomic E-state index is 12.7. The Morgan fingerprint density at radius 2 is 1.96 bits per heavy atom. The van der Waals surface area contributed by atoms with Gasteiger partial charge in [0.1, 0.15) is 24.2 Å². The third kappa shape index (κ3) is 4.09. The molecule has 1 fully saturated rings. The minimum atomic E-state index is -0.254. The normalized spacial score (nSPS) is 25.2. The Bertz CT molecular complexity index is 689. The molecule has 1 aliphatic heterocycles. The van der Waals surface area contributed by atoms with E-state index in [-0.39, 0.29) is 41.6 Å². The van der Waals surface area contributed by atoms with Crippen molar-refractivity contribution in [3.8, 4) is 5.75 Å². The summed E-state index contributed by atoms with van der Waals surface area (Å²) in [5.74, 6) is 0.246. The molecule has 0 aromatic heterocycles. The zero-order valence-corrected chi connectivity index (χ0v) is 15.6. The standard InChI is InChI=1S/C21H26O5/c1-4-14-5-7-15(8-6-14)25-19-12-24-18-11-16(26-21(23)13(2)3)9-10-17(18)20(19)22/h5-8,12-13,16-18H,4,9-11H2,1-3H3. The van der Waals surface area contributed by atoms with Gasteiger partial charge in [0.05, 0.1) is 11.8 Å². The molecule has 0 N–H and O–H groups in total. The van der Waals surface area contributed by atoms with Gasteiger partial charge in [0.15, 0.2) is 0 Å². The molecule has 3 rings (SSSR count). The second kappa shape index (κ2) is 7.94. The zero-order chi connectivity index (χ0) is 18.7. The number of Topliss-reactive ketones (excluding diaryl/α,β-unsaturated/α-hetero) is 1. The molecule has 1 aromatic carbocycles. The van der Waals surface area contributed by atoms with Gasteiger partial charge < -0.3 is 14.2 Å². The van der Waals surface area contributed by atoms with Crippen LogP contribution in [0.2, 0.25) is 0 Å². The lowest BCUT2D eigenvalue weighted by molar-refractivity contribution is -0.158. The first kappa shape index (κ1) is 18.5. The van der Waals surface area contributed by atoms with Gasteiger partial charge >= 0.3 is 5.97 Å². The third-order valence-corrected chi connectivity index (χ3v) is 4.99. The van der Waals surface area contributed by atoms with Crippen molar-refractivity contribution in [1.29, 1.82) is 0 Å². The first-order valence-corrected chi connectivity index (χ1v) is 9.35. The van der Waals surface area contributed by atoms with E-state index in [0.29, 0.717) is 25.0 Å². The summed E-state index contributed by atoms with van der Waals surface area (Å²) in [6, 6.07) is 7.70. The number of allylic oxidation sites excluding steroid dienone is 1. The number of hydrogen-bond acceptors (Lipinski definition) is 5. The van der Waals surface area contributed by atoms with Crippen molar-refractivity contribution < 1.29 is 23.8 Å². The molecule has 2 aliphatic rings. The Labute approximate surface area is 154 Å². The van der Waals surface area contributed by atoms with E-state index < -0.39 is 0 Å².